The van der Waals surface area contributed by atoms with Gasteiger partial charge in [0.15, 0.2) is 0 Å². The number of hydrogen-bond acceptors (Lipinski definition) is 3. The van der Waals surface area contributed by atoms with Crippen molar-refractivity contribution in [2.45, 2.75) is 44.6 Å². The molecule has 21 heavy (non-hydrogen) atoms. The fourth-order valence-electron chi connectivity index (χ4n) is 2.96. The maximum absolute atomic E-state index is 12.2. The van der Waals surface area contributed by atoms with Crippen molar-refractivity contribution in [2.75, 3.05) is 17.2 Å². The zero-order chi connectivity index (χ0) is 14.7. The minimum absolute atomic E-state index is 0.0345. The van der Waals surface area contributed by atoms with Crippen LogP contribution in [0.3, 0.4) is 0 Å². The minimum atomic E-state index is -0.0859. The third-order valence-corrected chi connectivity index (χ3v) is 4.12. The van der Waals surface area contributed by atoms with Gasteiger partial charge in [-0.25, -0.2) is 0 Å². The lowest BCUT2D eigenvalue weighted by molar-refractivity contribution is -0.118. The minimum Gasteiger partial charge on any atom is -0.326 e. The zero-order valence-electron chi connectivity index (χ0n) is 12.1. The molecule has 0 spiro atoms. The van der Waals surface area contributed by atoms with Gasteiger partial charge in [-0.3, -0.25) is 9.59 Å². The molecule has 1 atom stereocenters. The van der Waals surface area contributed by atoms with Crippen LogP contribution in [0, 0.1) is 0 Å². The summed E-state index contributed by atoms with van der Waals surface area (Å²) in [7, 11) is 0. The van der Waals surface area contributed by atoms with E-state index in [1.54, 1.807) is 0 Å². The average Bonchev–Trinajstić information content (AvgIpc) is 2.68. The highest BCUT2D eigenvalue weighted by Crippen LogP contribution is 2.25. The highest BCUT2D eigenvalue weighted by molar-refractivity contribution is 5.96. The Balaban J connectivity index is 1.70. The van der Waals surface area contributed by atoms with Crippen molar-refractivity contribution in [3.63, 3.8) is 0 Å². The number of rotatable bonds is 2. The van der Waals surface area contributed by atoms with Gasteiger partial charge in [-0.15, -0.1) is 0 Å². The molecule has 5 nitrogen and oxygen atoms in total. The van der Waals surface area contributed by atoms with Crippen LogP contribution in [0.2, 0.25) is 0 Å². The SMILES string of the molecule is O=C1CCCc2cc(NC(=O)C3CCCCN3)ccc2N1. The van der Waals surface area contributed by atoms with Gasteiger partial charge in [0.25, 0.3) is 0 Å². The third-order valence-electron chi connectivity index (χ3n) is 4.12. The smallest absolute Gasteiger partial charge is 0.241 e. The quantitative estimate of drug-likeness (QED) is 0.779. The first kappa shape index (κ1) is 14.1. The number of benzene rings is 1. The maximum atomic E-state index is 12.2. The first-order valence-electron chi connectivity index (χ1n) is 7.69. The molecule has 0 saturated carbocycles. The normalized spacial score (nSPS) is 21.9. The highest BCUT2D eigenvalue weighted by Gasteiger charge is 2.21. The molecule has 5 heteroatoms. The Labute approximate surface area is 124 Å². The van der Waals surface area contributed by atoms with Crippen LogP contribution in [0.15, 0.2) is 18.2 Å². The second-order valence-corrected chi connectivity index (χ2v) is 5.77. The summed E-state index contributed by atoms with van der Waals surface area (Å²) >= 11 is 0. The van der Waals surface area contributed by atoms with Gasteiger partial charge in [-0.05, 0) is 56.0 Å². The average molecular weight is 287 g/mol. The molecule has 1 fully saturated rings. The molecular formula is C16H21N3O2. The van der Waals surface area contributed by atoms with Crippen LogP contribution in [0.4, 0.5) is 11.4 Å². The van der Waals surface area contributed by atoms with Gasteiger partial charge in [0.1, 0.15) is 0 Å². The largest absolute Gasteiger partial charge is 0.326 e. The Morgan fingerprint density at radius 3 is 2.90 bits per heavy atom. The molecule has 2 aliphatic rings. The van der Waals surface area contributed by atoms with E-state index in [4.69, 9.17) is 0 Å². The van der Waals surface area contributed by atoms with Crippen molar-refractivity contribution in [1.29, 1.82) is 0 Å². The van der Waals surface area contributed by atoms with E-state index in [2.05, 4.69) is 16.0 Å². The van der Waals surface area contributed by atoms with E-state index < -0.39 is 0 Å². The van der Waals surface area contributed by atoms with Gasteiger partial charge < -0.3 is 16.0 Å². The van der Waals surface area contributed by atoms with Gasteiger partial charge in [0, 0.05) is 17.8 Å². The number of piperidine rings is 1. The van der Waals surface area contributed by atoms with E-state index in [1.807, 2.05) is 18.2 Å². The van der Waals surface area contributed by atoms with E-state index in [0.29, 0.717) is 6.42 Å². The second kappa shape index (κ2) is 6.26. The molecule has 2 heterocycles. The van der Waals surface area contributed by atoms with Crippen molar-refractivity contribution in [3.8, 4) is 0 Å². The van der Waals surface area contributed by atoms with E-state index >= 15 is 0 Å². The van der Waals surface area contributed by atoms with Crippen LogP contribution in [0.25, 0.3) is 0 Å². The molecule has 3 rings (SSSR count). The predicted octanol–water partition coefficient (Wildman–Crippen LogP) is 2.04. The number of aryl methyl sites for hydroxylation is 1. The van der Waals surface area contributed by atoms with E-state index in [0.717, 1.165) is 55.6 Å². The topological polar surface area (TPSA) is 70.2 Å². The molecule has 1 unspecified atom stereocenters. The molecule has 2 amide bonds. The number of carbonyl (C=O) groups excluding carboxylic acids is 2. The lowest BCUT2D eigenvalue weighted by Crippen LogP contribution is -2.43. The second-order valence-electron chi connectivity index (χ2n) is 5.77. The summed E-state index contributed by atoms with van der Waals surface area (Å²) in [4.78, 5) is 23.7. The Bertz CT molecular complexity index is 550. The molecule has 3 N–H and O–H groups in total. The number of fused-ring (bicyclic) bond motifs is 1. The first-order chi connectivity index (χ1) is 10.2. The number of hydrogen-bond donors (Lipinski definition) is 3. The van der Waals surface area contributed by atoms with Crippen molar-refractivity contribution in [2.24, 2.45) is 0 Å². The molecule has 0 aromatic heterocycles. The molecule has 1 saturated heterocycles. The van der Waals surface area contributed by atoms with Crippen LogP contribution in [-0.2, 0) is 16.0 Å². The van der Waals surface area contributed by atoms with E-state index in [9.17, 15) is 9.59 Å². The van der Waals surface area contributed by atoms with Gasteiger partial charge >= 0.3 is 0 Å². The van der Waals surface area contributed by atoms with Gasteiger partial charge in [0.2, 0.25) is 11.8 Å². The summed E-state index contributed by atoms with van der Waals surface area (Å²) in [6.45, 7) is 0.911. The summed E-state index contributed by atoms with van der Waals surface area (Å²) in [5.74, 6) is 0.101. The van der Waals surface area contributed by atoms with Crippen molar-refractivity contribution < 1.29 is 9.59 Å². The standard InChI is InChI=1S/C16H21N3O2/c20-15-6-3-4-11-10-12(7-8-13(11)19-15)18-16(21)14-5-1-2-9-17-14/h7-8,10,14,17H,1-6,9H2,(H,18,21)(H,19,20). The summed E-state index contributed by atoms with van der Waals surface area (Å²) in [5, 5.41) is 9.13. The zero-order valence-corrected chi connectivity index (χ0v) is 12.1. The number of nitrogens with one attached hydrogen (secondary N) is 3. The maximum Gasteiger partial charge on any atom is 0.241 e. The van der Waals surface area contributed by atoms with E-state index in [1.165, 1.54) is 0 Å². The first-order valence-corrected chi connectivity index (χ1v) is 7.69. The summed E-state index contributed by atoms with van der Waals surface area (Å²) in [6, 6.07) is 5.62. The van der Waals surface area contributed by atoms with Crippen LogP contribution in [0.1, 0.15) is 37.7 Å². The summed E-state index contributed by atoms with van der Waals surface area (Å²) in [6.07, 6.45) is 5.40. The Kier molecular flexibility index (Phi) is 4.20. The van der Waals surface area contributed by atoms with Crippen molar-refractivity contribution >= 4 is 23.2 Å². The number of anilines is 2. The predicted molar refractivity (Wildman–Crippen MR) is 82.3 cm³/mol. The molecule has 1 aromatic rings. The molecule has 1 aromatic carbocycles. The van der Waals surface area contributed by atoms with Gasteiger partial charge in [-0.2, -0.15) is 0 Å². The van der Waals surface area contributed by atoms with Crippen molar-refractivity contribution in [1.82, 2.24) is 5.32 Å². The fraction of sp³-hybridized carbons (Fsp3) is 0.500. The van der Waals surface area contributed by atoms with Crippen LogP contribution in [0.5, 0.6) is 0 Å². The van der Waals surface area contributed by atoms with Crippen LogP contribution in [-0.4, -0.2) is 24.4 Å². The molecule has 112 valence electrons. The van der Waals surface area contributed by atoms with Gasteiger partial charge in [0.05, 0.1) is 6.04 Å². The molecule has 0 radical (unpaired) electrons. The Morgan fingerprint density at radius 2 is 2.10 bits per heavy atom. The monoisotopic (exact) mass is 287 g/mol. The number of amides is 2. The molecule has 0 aliphatic carbocycles. The fourth-order valence-corrected chi connectivity index (χ4v) is 2.96. The molecule has 0 bridgehead atoms. The van der Waals surface area contributed by atoms with Crippen LogP contribution >= 0.6 is 0 Å². The molecular weight excluding hydrogens is 266 g/mol. The van der Waals surface area contributed by atoms with Crippen molar-refractivity contribution in [3.05, 3.63) is 23.8 Å². The summed E-state index contributed by atoms with van der Waals surface area (Å²) < 4.78 is 0. The van der Waals surface area contributed by atoms with E-state index in [-0.39, 0.29) is 17.9 Å². The Hall–Kier alpha value is -1.88. The van der Waals surface area contributed by atoms with Crippen LogP contribution < -0.4 is 16.0 Å². The van der Waals surface area contributed by atoms with Gasteiger partial charge in [-0.1, -0.05) is 6.42 Å². The summed E-state index contributed by atoms with van der Waals surface area (Å²) in [5.41, 5.74) is 2.77. The number of carbonyl (C=O) groups is 2. The Morgan fingerprint density at radius 1 is 1.19 bits per heavy atom. The third kappa shape index (κ3) is 3.42. The lowest BCUT2D eigenvalue weighted by Gasteiger charge is -2.22. The lowest BCUT2D eigenvalue weighted by atomic mass is 10.0. The molecule has 2 aliphatic heterocycles. The highest BCUT2D eigenvalue weighted by atomic mass is 16.2.